The summed E-state index contributed by atoms with van der Waals surface area (Å²) in [6.45, 7) is 5.95. The van der Waals surface area contributed by atoms with E-state index in [1.54, 1.807) is 31.2 Å². The number of benzene rings is 2. The van der Waals surface area contributed by atoms with E-state index in [1.807, 2.05) is 38.1 Å². The van der Waals surface area contributed by atoms with Crippen LogP contribution >= 0.6 is 0 Å². The fraction of sp³-hybridized carbons (Fsp3) is 0.200. The number of esters is 1. The number of nitrogens with one attached hydrogen (secondary N) is 1. The van der Waals surface area contributed by atoms with Gasteiger partial charge in [-0.2, -0.15) is 0 Å². The van der Waals surface area contributed by atoms with Crippen LogP contribution in [0.25, 0.3) is 6.08 Å². The molecule has 0 aliphatic rings. The highest BCUT2D eigenvalue weighted by Crippen LogP contribution is 2.18. The third-order valence-corrected chi connectivity index (χ3v) is 3.51. The first-order chi connectivity index (χ1) is 11.5. The summed E-state index contributed by atoms with van der Waals surface area (Å²) < 4.78 is 4.98. The number of carbonyl (C=O) groups is 2. The lowest BCUT2D eigenvalue weighted by atomic mass is 10.1. The Morgan fingerprint density at radius 1 is 1.08 bits per heavy atom. The van der Waals surface area contributed by atoms with Crippen molar-refractivity contribution in [3.8, 4) is 0 Å². The minimum absolute atomic E-state index is 0.250. The van der Waals surface area contributed by atoms with Crippen LogP contribution in [0.2, 0.25) is 0 Å². The van der Waals surface area contributed by atoms with Gasteiger partial charge in [0.15, 0.2) is 0 Å². The zero-order chi connectivity index (χ0) is 17.5. The molecule has 0 bridgehead atoms. The van der Waals surface area contributed by atoms with Crippen molar-refractivity contribution < 1.29 is 14.3 Å². The summed E-state index contributed by atoms with van der Waals surface area (Å²) in [5.41, 5.74) is 4.01. The smallest absolute Gasteiger partial charge is 0.338 e. The third kappa shape index (κ3) is 4.81. The number of anilines is 1. The molecule has 1 N–H and O–H groups in total. The van der Waals surface area contributed by atoms with Gasteiger partial charge in [-0.3, -0.25) is 4.79 Å². The van der Waals surface area contributed by atoms with Crippen LogP contribution in [0.3, 0.4) is 0 Å². The zero-order valence-electron chi connectivity index (χ0n) is 14.1. The monoisotopic (exact) mass is 323 g/mol. The van der Waals surface area contributed by atoms with Gasteiger partial charge in [-0.25, -0.2) is 4.79 Å². The van der Waals surface area contributed by atoms with Crippen LogP contribution < -0.4 is 5.32 Å². The van der Waals surface area contributed by atoms with Gasteiger partial charge in [-0.1, -0.05) is 35.9 Å². The van der Waals surface area contributed by atoms with E-state index in [0.29, 0.717) is 17.9 Å². The Bertz CT molecular complexity index is 761. The summed E-state index contributed by atoms with van der Waals surface area (Å²) in [7, 11) is 0. The molecule has 0 saturated heterocycles. The molecule has 0 aromatic heterocycles. The molecule has 4 nitrogen and oxygen atoms in total. The molecule has 0 spiro atoms. The molecule has 0 aliphatic carbocycles. The Balaban J connectivity index is 2.09. The molecular formula is C20H21NO3. The molecule has 24 heavy (non-hydrogen) atoms. The molecule has 2 rings (SSSR count). The number of ether oxygens (including phenoxy) is 1. The van der Waals surface area contributed by atoms with Crippen LogP contribution in [0.5, 0.6) is 0 Å². The van der Waals surface area contributed by atoms with Crippen molar-refractivity contribution in [2.24, 2.45) is 0 Å². The lowest BCUT2D eigenvalue weighted by Gasteiger charge is -2.09. The lowest BCUT2D eigenvalue weighted by Crippen LogP contribution is -2.11. The molecule has 1 amide bonds. The Hall–Kier alpha value is -2.88. The summed E-state index contributed by atoms with van der Waals surface area (Å²) in [4.78, 5) is 23.9. The van der Waals surface area contributed by atoms with E-state index in [2.05, 4.69) is 5.32 Å². The van der Waals surface area contributed by atoms with E-state index in [-0.39, 0.29) is 5.91 Å². The SMILES string of the molecule is CCOC(=O)c1ccc(C)c(NC(=O)/C=C/c2ccc(C)cc2)c1. The maximum atomic E-state index is 12.1. The van der Waals surface area contributed by atoms with Crippen molar-refractivity contribution in [3.05, 3.63) is 70.8 Å². The van der Waals surface area contributed by atoms with E-state index < -0.39 is 5.97 Å². The first-order valence-corrected chi connectivity index (χ1v) is 7.83. The molecule has 4 heteroatoms. The average Bonchev–Trinajstić information content (AvgIpc) is 2.56. The van der Waals surface area contributed by atoms with Crippen LogP contribution in [0, 0.1) is 13.8 Å². The Morgan fingerprint density at radius 2 is 1.79 bits per heavy atom. The van der Waals surface area contributed by atoms with Gasteiger partial charge < -0.3 is 10.1 Å². The van der Waals surface area contributed by atoms with Gasteiger partial charge in [0, 0.05) is 11.8 Å². The van der Waals surface area contributed by atoms with Gasteiger partial charge in [0.05, 0.1) is 12.2 Å². The number of rotatable bonds is 5. The molecule has 0 unspecified atom stereocenters. The molecule has 0 atom stereocenters. The van der Waals surface area contributed by atoms with Crippen molar-refractivity contribution in [2.45, 2.75) is 20.8 Å². The average molecular weight is 323 g/mol. The second-order valence-corrected chi connectivity index (χ2v) is 5.48. The number of hydrogen-bond acceptors (Lipinski definition) is 3. The first kappa shape index (κ1) is 17.5. The fourth-order valence-corrected chi connectivity index (χ4v) is 2.12. The Kier molecular flexibility index (Phi) is 5.90. The highest BCUT2D eigenvalue weighted by atomic mass is 16.5. The summed E-state index contributed by atoms with van der Waals surface area (Å²) >= 11 is 0. The highest BCUT2D eigenvalue weighted by molar-refractivity contribution is 6.03. The molecule has 124 valence electrons. The van der Waals surface area contributed by atoms with Crippen LogP contribution in [-0.4, -0.2) is 18.5 Å². The minimum Gasteiger partial charge on any atom is -0.462 e. The summed E-state index contributed by atoms with van der Waals surface area (Å²) in [5, 5.41) is 2.80. The normalized spacial score (nSPS) is 10.6. The number of aryl methyl sites for hydroxylation is 2. The van der Waals surface area contributed by atoms with E-state index >= 15 is 0 Å². The predicted octanol–water partition coefficient (Wildman–Crippen LogP) is 4.13. The molecule has 2 aromatic rings. The predicted molar refractivity (Wildman–Crippen MR) is 96.0 cm³/mol. The summed E-state index contributed by atoms with van der Waals surface area (Å²) in [6, 6.07) is 13.0. The van der Waals surface area contributed by atoms with Crippen molar-refractivity contribution >= 4 is 23.6 Å². The maximum Gasteiger partial charge on any atom is 0.338 e. The van der Waals surface area contributed by atoms with Gasteiger partial charge in [0.25, 0.3) is 0 Å². The molecule has 0 aliphatic heterocycles. The summed E-state index contributed by atoms with van der Waals surface area (Å²) in [6.07, 6.45) is 3.22. The number of amides is 1. The van der Waals surface area contributed by atoms with Crippen LogP contribution in [0.4, 0.5) is 5.69 Å². The third-order valence-electron chi connectivity index (χ3n) is 3.51. The van der Waals surface area contributed by atoms with E-state index in [1.165, 1.54) is 11.6 Å². The molecule has 2 aromatic carbocycles. The second-order valence-electron chi connectivity index (χ2n) is 5.48. The van der Waals surface area contributed by atoms with Crippen LogP contribution in [0.15, 0.2) is 48.5 Å². The maximum absolute atomic E-state index is 12.1. The highest BCUT2D eigenvalue weighted by Gasteiger charge is 2.10. The van der Waals surface area contributed by atoms with E-state index in [4.69, 9.17) is 4.74 Å². The Morgan fingerprint density at radius 3 is 2.46 bits per heavy atom. The van der Waals surface area contributed by atoms with Crippen molar-refractivity contribution in [2.75, 3.05) is 11.9 Å². The van der Waals surface area contributed by atoms with Crippen LogP contribution in [-0.2, 0) is 9.53 Å². The van der Waals surface area contributed by atoms with Gasteiger partial charge >= 0.3 is 5.97 Å². The van der Waals surface area contributed by atoms with Gasteiger partial charge in [0.2, 0.25) is 5.91 Å². The Labute approximate surface area is 142 Å². The molecule has 0 saturated carbocycles. The van der Waals surface area contributed by atoms with Gasteiger partial charge in [0.1, 0.15) is 0 Å². The van der Waals surface area contributed by atoms with Gasteiger partial charge in [-0.15, -0.1) is 0 Å². The number of hydrogen-bond donors (Lipinski definition) is 1. The number of carbonyl (C=O) groups excluding carboxylic acids is 2. The van der Waals surface area contributed by atoms with Crippen molar-refractivity contribution in [1.29, 1.82) is 0 Å². The van der Waals surface area contributed by atoms with Crippen molar-refractivity contribution in [1.82, 2.24) is 0 Å². The van der Waals surface area contributed by atoms with E-state index in [9.17, 15) is 9.59 Å². The topological polar surface area (TPSA) is 55.4 Å². The summed E-state index contributed by atoms with van der Waals surface area (Å²) in [5.74, 6) is -0.650. The van der Waals surface area contributed by atoms with Crippen LogP contribution in [0.1, 0.15) is 34.0 Å². The standard InChI is InChI=1S/C20H21NO3/c1-4-24-20(23)17-11-7-15(3)18(13-17)21-19(22)12-10-16-8-5-14(2)6-9-16/h5-13H,4H2,1-3H3,(H,21,22)/b12-10+. The largest absolute Gasteiger partial charge is 0.462 e. The molecular weight excluding hydrogens is 302 g/mol. The second kappa shape index (κ2) is 8.11. The first-order valence-electron chi connectivity index (χ1n) is 7.83. The lowest BCUT2D eigenvalue weighted by molar-refractivity contribution is -0.111. The molecule has 0 heterocycles. The van der Waals surface area contributed by atoms with Crippen molar-refractivity contribution in [3.63, 3.8) is 0 Å². The fourth-order valence-electron chi connectivity index (χ4n) is 2.12. The molecule has 0 fully saturated rings. The minimum atomic E-state index is -0.400. The van der Waals surface area contributed by atoms with E-state index in [0.717, 1.165) is 11.1 Å². The quantitative estimate of drug-likeness (QED) is 0.665. The zero-order valence-corrected chi connectivity index (χ0v) is 14.1. The van der Waals surface area contributed by atoms with Gasteiger partial charge in [-0.05, 0) is 50.1 Å². The molecule has 0 radical (unpaired) electrons.